The summed E-state index contributed by atoms with van der Waals surface area (Å²) in [5, 5.41) is 10.1. The number of nitrogens with one attached hydrogen (secondary N) is 2. The van der Waals surface area contributed by atoms with Gasteiger partial charge < -0.3 is 15.4 Å². The van der Waals surface area contributed by atoms with Crippen LogP contribution in [0.2, 0.25) is 0 Å². The van der Waals surface area contributed by atoms with Crippen molar-refractivity contribution in [3.05, 3.63) is 29.3 Å². The number of anilines is 1. The lowest BCUT2D eigenvalue weighted by Crippen LogP contribution is -2.30. The van der Waals surface area contributed by atoms with Crippen LogP contribution >= 0.6 is 0 Å². The van der Waals surface area contributed by atoms with Crippen LogP contribution in [0.25, 0.3) is 0 Å². The van der Waals surface area contributed by atoms with Gasteiger partial charge in [-0.3, -0.25) is 9.48 Å². The third kappa shape index (κ3) is 4.43. The quantitative estimate of drug-likeness (QED) is 0.746. The van der Waals surface area contributed by atoms with Gasteiger partial charge in [-0.15, -0.1) is 5.10 Å². The number of rotatable bonds is 7. The van der Waals surface area contributed by atoms with Crippen LogP contribution in [0.4, 0.5) is 5.82 Å². The Kier molecular flexibility index (Phi) is 5.73. The molecular formula is C16H24N6O2. The van der Waals surface area contributed by atoms with Crippen molar-refractivity contribution in [2.24, 2.45) is 7.05 Å². The molecule has 0 aliphatic rings. The highest BCUT2D eigenvalue weighted by Gasteiger charge is 2.13. The topological polar surface area (TPSA) is 94.0 Å². The number of aryl methyl sites for hydroxylation is 2. The van der Waals surface area contributed by atoms with Crippen molar-refractivity contribution in [3.63, 3.8) is 0 Å². The highest BCUT2D eigenvalue weighted by molar-refractivity contribution is 5.92. The summed E-state index contributed by atoms with van der Waals surface area (Å²) in [6.07, 6.45) is 0. The first-order valence-corrected chi connectivity index (χ1v) is 7.86. The summed E-state index contributed by atoms with van der Waals surface area (Å²) in [6.45, 7) is 7.08. The fourth-order valence-electron chi connectivity index (χ4n) is 2.15. The molecule has 0 fully saturated rings. The van der Waals surface area contributed by atoms with Gasteiger partial charge in [0.2, 0.25) is 5.88 Å². The molecule has 0 atom stereocenters. The first-order chi connectivity index (χ1) is 11.4. The van der Waals surface area contributed by atoms with Crippen LogP contribution in [0.3, 0.4) is 0 Å². The predicted octanol–water partition coefficient (Wildman–Crippen LogP) is 1.49. The van der Waals surface area contributed by atoms with E-state index in [1.807, 2.05) is 13.0 Å². The third-order valence-corrected chi connectivity index (χ3v) is 3.40. The number of hydrogen-bond donors (Lipinski definition) is 2. The molecule has 0 spiro atoms. The van der Waals surface area contributed by atoms with Gasteiger partial charge in [-0.05, 0) is 6.92 Å². The first kappa shape index (κ1) is 17.7. The van der Waals surface area contributed by atoms with Crippen LogP contribution in [0.15, 0.2) is 12.1 Å². The molecule has 2 N–H and O–H groups in total. The molecule has 0 aliphatic heterocycles. The molecule has 2 aromatic rings. The Morgan fingerprint density at radius 2 is 2.04 bits per heavy atom. The highest BCUT2D eigenvalue weighted by Crippen LogP contribution is 2.13. The molecule has 24 heavy (non-hydrogen) atoms. The maximum atomic E-state index is 12.1. The minimum atomic E-state index is -0.197. The lowest BCUT2D eigenvalue weighted by atomic mass is 10.2. The molecule has 1 amide bonds. The smallest absolute Gasteiger partial charge is 0.269 e. The van der Waals surface area contributed by atoms with Gasteiger partial charge in [-0.25, -0.2) is 9.97 Å². The fourth-order valence-corrected chi connectivity index (χ4v) is 2.15. The minimum Gasteiger partial charge on any atom is -0.480 e. The Labute approximate surface area is 141 Å². The van der Waals surface area contributed by atoms with E-state index < -0.39 is 0 Å². The second-order valence-corrected chi connectivity index (χ2v) is 5.79. The molecule has 0 saturated carbocycles. The van der Waals surface area contributed by atoms with E-state index in [-0.39, 0.29) is 11.8 Å². The van der Waals surface area contributed by atoms with Crippen molar-refractivity contribution in [1.82, 2.24) is 25.1 Å². The molecular weight excluding hydrogens is 308 g/mol. The van der Waals surface area contributed by atoms with Crippen molar-refractivity contribution >= 4 is 11.7 Å². The number of aromatic nitrogens is 4. The molecule has 0 unspecified atom stereocenters. The maximum Gasteiger partial charge on any atom is 0.269 e. The second-order valence-electron chi connectivity index (χ2n) is 5.79. The van der Waals surface area contributed by atoms with Crippen LogP contribution < -0.4 is 15.4 Å². The number of amides is 1. The van der Waals surface area contributed by atoms with Gasteiger partial charge in [-0.2, -0.15) is 0 Å². The summed E-state index contributed by atoms with van der Waals surface area (Å²) in [5.74, 6) is 2.06. The zero-order valence-electron chi connectivity index (χ0n) is 14.8. The summed E-state index contributed by atoms with van der Waals surface area (Å²) in [5.41, 5.74) is 1.37. The zero-order chi connectivity index (χ0) is 17.7. The molecule has 130 valence electrons. The van der Waals surface area contributed by atoms with Crippen molar-refractivity contribution in [1.29, 1.82) is 0 Å². The summed E-state index contributed by atoms with van der Waals surface area (Å²) in [4.78, 5) is 21.0. The van der Waals surface area contributed by atoms with E-state index >= 15 is 0 Å². The van der Waals surface area contributed by atoms with E-state index in [0.717, 1.165) is 17.3 Å². The summed E-state index contributed by atoms with van der Waals surface area (Å²) >= 11 is 0. The predicted molar refractivity (Wildman–Crippen MR) is 91.4 cm³/mol. The molecule has 0 saturated heterocycles. The normalized spacial score (nSPS) is 10.8. The average molecular weight is 332 g/mol. The van der Waals surface area contributed by atoms with Crippen molar-refractivity contribution in [2.45, 2.75) is 26.7 Å². The number of nitrogens with zero attached hydrogens (tertiary/aromatic N) is 4. The third-order valence-electron chi connectivity index (χ3n) is 3.40. The van der Waals surface area contributed by atoms with E-state index in [9.17, 15) is 4.79 Å². The van der Waals surface area contributed by atoms with Gasteiger partial charge >= 0.3 is 0 Å². The summed E-state index contributed by atoms with van der Waals surface area (Å²) < 4.78 is 6.50. The van der Waals surface area contributed by atoms with E-state index in [1.165, 1.54) is 11.8 Å². The molecule has 2 aromatic heterocycles. The van der Waals surface area contributed by atoms with Crippen molar-refractivity contribution in [2.75, 3.05) is 25.5 Å². The van der Waals surface area contributed by atoms with E-state index in [2.05, 4.69) is 39.5 Å². The van der Waals surface area contributed by atoms with Gasteiger partial charge in [0.05, 0.1) is 7.11 Å². The monoisotopic (exact) mass is 332 g/mol. The SMILES string of the molecule is COc1cc(C(=O)NCCNc2cc(C)nc(C(C)C)n2)n(C)n1. The molecule has 8 nitrogen and oxygen atoms in total. The van der Waals surface area contributed by atoms with E-state index in [1.54, 1.807) is 13.1 Å². The Morgan fingerprint density at radius 1 is 1.29 bits per heavy atom. The minimum absolute atomic E-state index is 0.197. The van der Waals surface area contributed by atoms with Crippen LogP contribution in [0.5, 0.6) is 5.88 Å². The Balaban J connectivity index is 1.86. The molecule has 2 heterocycles. The van der Waals surface area contributed by atoms with Crippen LogP contribution in [0.1, 0.15) is 41.8 Å². The highest BCUT2D eigenvalue weighted by atomic mass is 16.5. The van der Waals surface area contributed by atoms with E-state index in [0.29, 0.717) is 24.7 Å². The Hall–Kier alpha value is -2.64. The van der Waals surface area contributed by atoms with Gasteiger partial charge in [0.25, 0.3) is 5.91 Å². The zero-order valence-corrected chi connectivity index (χ0v) is 14.8. The van der Waals surface area contributed by atoms with E-state index in [4.69, 9.17) is 4.74 Å². The maximum absolute atomic E-state index is 12.1. The van der Waals surface area contributed by atoms with Crippen LogP contribution in [0, 0.1) is 6.92 Å². The number of carbonyl (C=O) groups excluding carboxylic acids is 1. The first-order valence-electron chi connectivity index (χ1n) is 7.86. The van der Waals surface area contributed by atoms with Crippen molar-refractivity contribution in [3.8, 4) is 5.88 Å². The fraction of sp³-hybridized carbons (Fsp3) is 0.500. The molecule has 0 aromatic carbocycles. The molecule has 2 rings (SSSR count). The standard InChI is InChI=1S/C16H24N6O2/c1-10(2)15-19-11(3)8-13(20-15)17-6-7-18-16(23)12-9-14(24-5)21-22(12)4/h8-10H,6-7H2,1-5H3,(H,18,23)(H,17,19,20). The molecule has 8 heteroatoms. The number of carbonyl (C=O) groups is 1. The molecule has 0 radical (unpaired) electrons. The average Bonchev–Trinajstić information content (AvgIpc) is 2.92. The van der Waals surface area contributed by atoms with Crippen LogP contribution in [-0.2, 0) is 7.05 Å². The Morgan fingerprint density at radius 3 is 2.67 bits per heavy atom. The second kappa shape index (κ2) is 7.76. The number of hydrogen-bond acceptors (Lipinski definition) is 6. The van der Waals surface area contributed by atoms with Gasteiger partial charge in [0.15, 0.2) is 0 Å². The summed E-state index contributed by atoms with van der Waals surface area (Å²) in [7, 11) is 3.22. The van der Waals surface area contributed by atoms with Gasteiger partial charge in [-0.1, -0.05) is 13.8 Å². The molecule has 0 bridgehead atoms. The lowest BCUT2D eigenvalue weighted by molar-refractivity contribution is 0.0946. The largest absolute Gasteiger partial charge is 0.480 e. The van der Waals surface area contributed by atoms with Gasteiger partial charge in [0, 0.05) is 43.9 Å². The summed E-state index contributed by atoms with van der Waals surface area (Å²) in [6, 6.07) is 3.49. The molecule has 0 aliphatic carbocycles. The number of methoxy groups -OCH3 is 1. The van der Waals surface area contributed by atoms with Crippen molar-refractivity contribution < 1.29 is 9.53 Å². The number of ether oxygens (including phenoxy) is 1. The van der Waals surface area contributed by atoms with Crippen LogP contribution in [-0.4, -0.2) is 45.9 Å². The van der Waals surface area contributed by atoms with Gasteiger partial charge in [0.1, 0.15) is 17.3 Å². The Bertz CT molecular complexity index is 711. The lowest BCUT2D eigenvalue weighted by Gasteiger charge is -2.11.